The van der Waals surface area contributed by atoms with Crippen LogP contribution >= 0.6 is 22.9 Å². The number of nitrogens with one attached hydrogen (secondary N) is 1. The zero-order valence-corrected chi connectivity index (χ0v) is 14.6. The number of hydrogen-bond donors (Lipinski definition) is 1. The third-order valence-electron chi connectivity index (χ3n) is 4.07. The Hall–Kier alpha value is -2.30. The van der Waals surface area contributed by atoms with Crippen molar-refractivity contribution in [2.75, 3.05) is 10.2 Å². The molecule has 0 aliphatic carbocycles. The molecule has 4 rings (SSSR count). The van der Waals surface area contributed by atoms with Crippen molar-refractivity contribution in [3.05, 3.63) is 81.0 Å². The second-order valence-corrected chi connectivity index (χ2v) is 7.39. The largest absolute Gasteiger partial charge is 0.360 e. The van der Waals surface area contributed by atoms with Gasteiger partial charge in [-0.15, -0.1) is 11.3 Å². The fourth-order valence-corrected chi connectivity index (χ4v) is 4.10. The van der Waals surface area contributed by atoms with Gasteiger partial charge in [0.15, 0.2) is 0 Å². The van der Waals surface area contributed by atoms with Crippen molar-refractivity contribution in [1.29, 1.82) is 0 Å². The summed E-state index contributed by atoms with van der Waals surface area (Å²) in [6, 6.07) is 19.2. The van der Waals surface area contributed by atoms with Crippen LogP contribution < -0.4 is 10.2 Å². The molecule has 1 aliphatic heterocycles. The molecule has 0 radical (unpaired) electrons. The normalized spacial score (nSPS) is 16.7. The van der Waals surface area contributed by atoms with Crippen LogP contribution in [0.2, 0.25) is 5.02 Å². The van der Waals surface area contributed by atoms with Gasteiger partial charge in [-0.25, -0.2) is 0 Å². The lowest BCUT2D eigenvalue weighted by Gasteiger charge is -2.37. The number of hydrogen-bond acceptors (Lipinski definition) is 3. The second-order valence-electron chi connectivity index (χ2n) is 5.67. The van der Waals surface area contributed by atoms with E-state index in [1.54, 1.807) is 22.3 Å². The molecule has 0 spiro atoms. The van der Waals surface area contributed by atoms with Gasteiger partial charge in [-0.1, -0.05) is 35.9 Å². The fraction of sp³-hybridized carbons (Fsp3) is 0.105. The second kappa shape index (κ2) is 5.96. The number of aryl methyl sites for hydroxylation is 1. The number of thiophene rings is 1. The molecule has 2 aromatic carbocycles. The number of carbonyl (C=O) groups excluding carboxylic acids is 1. The average molecular weight is 355 g/mol. The molecule has 5 heteroatoms. The minimum atomic E-state index is -0.272. The maximum Gasteiger partial charge on any atom is 0.262 e. The minimum absolute atomic E-state index is 0.0477. The van der Waals surface area contributed by atoms with E-state index in [0.29, 0.717) is 16.3 Å². The van der Waals surface area contributed by atoms with Crippen LogP contribution in [0.4, 0.5) is 11.4 Å². The molecule has 3 nitrogen and oxygen atoms in total. The number of rotatable bonds is 2. The first-order chi connectivity index (χ1) is 11.6. The molecule has 0 saturated heterocycles. The zero-order valence-electron chi connectivity index (χ0n) is 13.0. The molecular formula is C19H15ClN2OS. The average Bonchev–Trinajstić information content (AvgIpc) is 3.02. The van der Waals surface area contributed by atoms with E-state index in [1.165, 1.54) is 4.88 Å². The molecular weight excluding hydrogens is 340 g/mol. The summed E-state index contributed by atoms with van der Waals surface area (Å²) in [6.07, 6.45) is -0.272. The van der Waals surface area contributed by atoms with Crippen LogP contribution in [0.3, 0.4) is 0 Å². The van der Waals surface area contributed by atoms with Crippen LogP contribution in [-0.4, -0.2) is 5.91 Å². The highest BCUT2D eigenvalue weighted by Gasteiger charge is 2.35. The number of para-hydroxylation sites is 2. The number of nitrogens with zero attached hydrogens (tertiary/aromatic N) is 1. The van der Waals surface area contributed by atoms with E-state index in [1.807, 2.05) is 42.5 Å². The van der Waals surface area contributed by atoms with Crippen molar-refractivity contribution in [2.45, 2.75) is 13.1 Å². The van der Waals surface area contributed by atoms with E-state index in [2.05, 4.69) is 24.4 Å². The Morgan fingerprint density at radius 2 is 1.79 bits per heavy atom. The van der Waals surface area contributed by atoms with Crippen molar-refractivity contribution in [1.82, 2.24) is 0 Å². The number of amides is 1. The lowest BCUT2D eigenvalue weighted by Crippen LogP contribution is -2.43. The summed E-state index contributed by atoms with van der Waals surface area (Å²) in [5.74, 6) is -0.0477. The van der Waals surface area contributed by atoms with Gasteiger partial charge in [0.25, 0.3) is 5.91 Å². The van der Waals surface area contributed by atoms with Gasteiger partial charge in [0.2, 0.25) is 0 Å². The smallest absolute Gasteiger partial charge is 0.262 e. The van der Waals surface area contributed by atoms with Gasteiger partial charge < -0.3 is 5.32 Å². The summed E-state index contributed by atoms with van der Waals surface area (Å²) in [5.41, 5.74) is 2.21. The van der Waals surface area contributed by atoms with Crippen molar-refractivity contribution < 1.29 is 4.79 Å². The third-order valence-corrected chi connectivity index (χ3v) is 5.44. The van der Waals surface area contributed by atoms with E-state index in [0.717, 1.165) is 10.6 Å². The molecule has 0 saturated carbocycles. The summed E-state index contributed by atoms with van der Waals surface area (Å²) in [4.78, 5) is 17.2. The van der Waals surface area contributed by atoms with Gasteiger partial charge in [-0.05, 0) is 43.3 Å². The molecule has 2 heterocycles. The first kappa shape index (κ1) is 15.2. The van der Waals surface area contributed by atoms with Crippen LogP contribution in [-0.2, 0) is 0 Å². The van der Waals surface area contributed by atoms with Crippen LogP contribution in [0.25, 0.3) is 0 Å². The third kappa shape index (κ3) is 2.48. The van der Waals surface area contributed by atoms with Crippen molar-refractivity contribution >= 4 is 40.2 Å². The fourth-order valence-electron chi connectivity index (χ4n) is 2.95. The van der Waals surface area contributed by atoms with E-state index >= 15 is 0 Å². The van der Waals surface area contributed by atoms with E-state index < -0.39 is 0 Å². The van der Waals surface area contributed by atoms with Crippen LogP contribution in [0.5, 0.6) is 0 Å². The molecule has 120 valence electrons. The highest BCUT2D eigenvalue weighted by atomic mass is 35.5. The quantitative estimate of drug-likeness (QED) is 0.660. The first-order valence-electron chi connectivity index (χ1n) is 7.65. The lowest BCUT2D eigenvalue weighted by molar-refractivity contribution is 0.0975. The van der Waals surface area contributed by atoms with Gasteiger partial charge >= 0.3 is 0 Å². The van der Waals surface area contributed by atoms with Gasteiger partial charge in [0.1, 0.15) is 6.17 Å². The van der Waals surface area contributed by atoms with E-state index in [-0.39, 0.29) is 12.1 Å². The maximum absolute atomic E-state index is 13.2. The molecule has 0 fully saturated rings. The predicted octanol–water partition coefficient (Wildman–Crippen LogP) is 5.48. The number of benzene rings is 2. The monoisotopic (exact) mass is 354 g/mol. The summed E-state index contributed by atoms with van der Waals surface area (Å²) in [6.45, 7) is 2.06. The Morgan fingerprint density at radius 1 is 1.04 bits per heavy atom. The van der Waals surface area contributed by atoms with E-state index in [9.17, 15) is 4.79 Å². The molecule has 0 bridgehead atoms. The van der Waals surface area contributed by atoms with Gasteiger partial charge in [-0.2, -0.15) is 0 Å². The van der Waals surface area contributed by atoms with Gasteiger partial charge in [-0.3, -0.25) is 9.69 Å². The Labute approximate surface area is 149 Å². The van der Waals surface area contributed by atoms with Crippen molar-refractivity contribution in [3.8, 4) is 0 Å². The summed E-state index contributed by atoms with van der Waals surface area (Å²) in [5, 5.41) is 4.05. The number of carbonyl (C=O) groups is 1. The van der Waals surface area contributed by atoms with Gasteiger partial charge in [0, 0.05) is 15.4 Å². The molecule has 1 N–H and O–H groups in total. The highest BCUT2D eigenvalue weighted by Crippen LogP contribution is 2.40. The standard InChI is InChI=1S/C19H15ClN2OS/c1-12-10-11-17(24-12)18-21-15-8-4-2-6-13(15)19(23)22(18)16-9-5-3-7-14(16)20/h2-11,18,21H,1H3. The molecule has 1 aliphatic rings. The predicted molar refractivity (Wildman–Crippen MR) is 100 cm³/mol. The maximum atomic E-state index is 13.2. The molecule has 24 heavy (non-hydrogen) atoms. The molecule has 3 aromatic rings. The Bertz CT molecular complexity index is 921. The van der Waals surface area contributed by atoms with Crippen molar-refractivity contribution in [2.24, 2.45) is 0 Å². The van der Waals surface area contributed by atoms with Crippen LogP contribution in [0.1, 0.15) is 26.3 Å². The first-order valence-corrected chi connectivity index (χ1v) is 8.84. The number of fused-ring (bicyclic) bond motifs is 1. The highest BCUT2D eigenvalue weighted by molar-refractivity contribution is 7.12. The Kier molecular flexibility index (Phi) is 3.79. The molecule has 1 aromatic heterocycles. The van der Waals surface area contributed by atoms with Crippen LogP contribution in [0, 0.1) is 6.92 Å². The molecule has 1 unspecified atom stereocenters. The summed E-state index contributed by atoms with van der Waals surface area (Å²) < 4.78 is 0. The number of anilines is 2. The minimum Gasteiger partial charge on any atom is -0.360 e. The Balaban J connectivity index is 1.89. The van der Waals surface area contributed by atoms with Crippen molar-refractivity contribution in [3.63, 3.8) is 0 Å². The summed E-state index contributed by atoms with van der Waals surface area (Å²) in [7, 11) is 0. The van der Waals surface area contributed by atoms with Gasteiger partial charge in [0.05, 0.1) is 16.3 Å². The SMILES string of the molecule is Cc1ccc(C2Nc3ccccc3C(=O)N2c2ccccc2Cl)s1. The molecule has 1 atom stereocenters. The van der Waals surface area contributed by atoms with Crippen LogP contribution in [0.15, 0.2) is 60.7 Å². The molecule has 1 amide bonds. The Morgan fingerprint density at radius 3 is 2.54 bits per heavy atom. The lowest BCUT2D eigenvalue weighted by atomic mass is 10.1. The van der Waals surface area contributed by atoms with E-state index in [4.69, 9.17) is 11.6 Å². The summed E-state index contributed by atoms with van der Waals surface area (Å²) >= 11 is 8.07. The topological polar surface area (TPSA) is 32.3 Å². The number of halogens is 1. The zero-order chi connectivity index (χ0) is 16.7.